The summed E-state index contributed by atoms with van der Waals surface area (Å²) in [5.41, 5.74) is 2.42. The fourth-order valence-corrected chi connectivity index (χ4v) is 3.33. The van der Waals surface area contributed by atoms with Crippen LogP contribution >= 0.6 is 0 Å². The van der Waals surface area contributed by atoms with Crippen molar-refractivity contribution in [3.05, 3.63) is 119 Å². The largest absolute Gasteiger partial charge is 0.505 e. The molecular formula is C25H21NO3. The van der Waals surface area contributed by atoms with Crippen LogP contribution < -0.4 is 10.5 Å². The molecule has 144 valence electrons. The van der Waals surface area contributed by atoms with Crippen molar-refractivity contribution in [1.82, 2.24) is 0 Å². The maximum absolute atomic E-state index is 12.9. The Bertz CT molecular complexity index is 1080. The Morgan fingerprint density at radius 1 is 0.724 bits per heavy atom. The van der Waals surface area contributed by atoms with Crippen LogP contribution in [0.25, 0.3) is 11.3 Å². The van der Waals surface area contributed by atoms with Gasteiger partial charge in [0, 0.05) is 24.7 Å². The molecule has 0 amide bonds. The Morgan fingerprint density at radius 2 is 1.21 bits per heavy atom. The summed E-state index contributed by atoms with van der Waals surface area (Å²) >= 11 is 0. The minimum Gasteiger partial charge on any atom is -0.505 e. The molecule has 3 aromatic carbocycles. The van der Waals surface area contributed by atoms with E-state index in [-0.39, 0.29) is 11.4 Å². The van der Waals surface area contributed by atoms with Gasteiger partial charge in [0.2, 0.25) is 0 Å². The third-order valence-corrected chi connectivity index (χ3v) is 4.71. The van der Waals surface area contributed by atoms with Crippen LogP contribution in [0.4, 0.5) is 5.69 Å². The first-order valence-corrected chi connectivity index (χ1v) is 9.46. The molecule has 0 bridgehead atoms. The fraction of sp³-hybridized carbons (Fsp3) is 0.0800. The molecular weight excluding hydrogens is 362 g/mol. The van der Waals surface area contributed by atoms with E-state index >= 15 is 0 Å². The van der Waals surface area contributed by atoms with Crippen molar-refractivity contribution >= 4 is 5.69 Å². The van der Waals surface area contributed by atoms with E-state index in [1.165, 1.54) is 6.07 Å². The summed E-state index contributed by atoms with van der Waals surface area (Å²) in [6.07, 6.45) is 0. The number of hydrogen-bond acceptors (Lipinski definition) is 4. The van der Waals surface area contributed by atoms with Crippen LogP contribution in [0.3, 0.4) is 0 Å². The number of aromatic hydroxyl groups is 1. The van der Waals surface area contributed by atoms with Gasteiger partial charge in [-0.05, 0) is 11.1 Å². The van der Waals surface area contributed by atoms with Gasteiger partial charge in [-0.1, -0.05) is 91.0 Å². The van der Waals surface area contributed by atoms with Crippen LogP contribution in [0, 0.1) is 0 Å². The lowest BCUT2D eigenvalue weighted by atomic mass is 10.1. The standard InChI is InChI=1S/C25H21NO3/c27-22-16-23(21-14-8-3-9-15-21)29-25(28)24(22)26(17-19-10-4-1-5-11-19)18-20-12-6-2-7-13-20/h1-16,27H,17-18H2. The molecule has 4 nitrogen and oxygen atoms in total. The second-order valence-electron chi connectivity index (χ2n) is 6.83. The Kier molecular flexibility index (Phi) is 5.43. The normalized spacial score (nSPS) is 10.6. The van der Waals surface area contributed by atoms with Gasteiger partial charge in [0.15, 0.2) is 5.69 Å². The third kappa shape index (κ3) is 4.38. The van der Waals surface area contributed by atoms with Gasteiger partial charge in [-0.2, -0.15) is 0 Å². The van der Waals surface area contributed by atoms with Crippen LogP contribution in [0.2, 0.25) is 0 Å². The van der Waals surface area contributed by atoms with E-state index < -0.39 is 5.63 Å². The summed E-state index contributed by atoms with van der Waals surface area (Å²) in [5.74, 6) is 0.253. The van der Waals surface area contributed by atoms with E-state index in [0.29, 0.717) is 18.8 Å². The molecule has 4 aromatic rings. The van der Waals surface area contributed by atoms with Gasteiger partial charge in [-0.15, -0.1) is 0 Å². The molecule has 0 unspecified atom stereocenters. The van der Waals surface area contributed by atoms with E-state index in [1.807, 2.05) is 95.9 Å². The highest BCUT2D eigenvalue weighted by atomic mass is 16.4. The molecule has 0 radical (unpaired) electrons. The number of nitrogens with zero attached hydrogens (tertiary/aromatic N) is 1. The molecule has 0 saturated heterocycles. The first-order valence-electron chi connectivity index (χ1n) is 9.46. The summed E-state index contributed by atoms with van der Waals surface area (Å²) in [6, 6.07) is 30.5. The second kappa shape index (κ2) is 8.48. The van der Waals surface area contributed by atoms with Crippen LogP contribution in [0.5, 0.6) is 5.75 Å². The second-order valence-corrected chi connectivity index (χ2v) is 6.83. The van der Waals surface area contributed by atoms with Crippen molar-refractivity contribution < 1.29 is 9.52 Å². The van der Waals surface area contributed by atoms with Gasteiger partial charge < -0.3 is 14.4 Å². The van der Waals surface area contributed by atoms with Crippen LogP contribution in [0.1, 0.15) is 11.1 Å². The minimum atomic E-state index is -0.560. The Labute approximate surface area is 169 Å². The van der Waals surface area contributed by atoms with Crippen LogP contribution in [-0.4, -0.2) is 5.11 Å². The average Bonchev–Trinajstić information content (AvgIpc) is 2.75. The SMILES string of the molecule is O=c1oc(-c2ccccc2)cc(O)c1N(Cc1ccccc1)Cc1ccccc1. The van der Waals surface area contributed by atoms with Gasteiger partial charge in [0.25, 0.3) is 0 Å². The number of rotatable bonds is 6. The van der Waals surface area contributed by atoms with Gasteiger partial charge >= 0.3 is 5.63 Å². The van der Waals surface area contributed by atoms with Crippen molar-refractivity contribution in [2.24, 2.45) is 0 Å². The fourth-order valence-electron chi connectivity index (χ4n) is 3.33. The molecule has 0 aliphatic carbocycles. The van der Waals surface area contributed by atoms with E-state index in [1.54, 1.807) is 0 Å². The van der Waals surface area contributed by atoms with E-state index in [0.717, 1.165) is 16.7 Å². The molecule has 29 heavy (non-hydrogen) atoms. The van der Waals surface area contributed by atoms with Gasteiger partial charge in [0.1, 0.15) is 11.5 Å². The topological polar surface area (TPSA) is 53.7 Å². The maximum Gasteiger partial charge on any atom is 0.363 e. The smallest absolute Gasteiger partial charge is 0.363 e. The van der Waals surface area contributed by atoms with Gasteiger partial charge in [0.05, 0.1) is 0 Å². The maximum atomic E-state index is 12.9. The van der Waals surface area contributed by atoms with Crippen LogP contribution in [0.15, 0.2) is 106 Å². The van der Waals surface area contributed by atoms with Crippen molar-refractivity contribution in [2.75, 3.05) is 4.90 Å². The van der Waals surface area contributed by atoms with Crippen LogP contribution in [-0.2, 0) is 13.1 Å². The molecule has 4 rings (SSSR count). The van der Waals surface area contributed by atoms with Gasteiger partial charge in [-0.3, -0.25) is 0 Å². The zero-order valence-corrected chi connectivity index (χ0v) is 15.9. The van der Waals surface area contributed by atoms with Gasteiger partial charge in [-0.25, -0.2) is 4.79 Å². The average molecular weight is 383 g/mol. The summed E-state index contributed by atoms with van der Waals surface area (Å²) in [5, 5.41) is 10.8. The predicted molar refractivity (Wildman–Crippen MR) is 115 cm³/mol. The number of benzene rings is 3. The highest BCUT2D eigenvalue weighted by molar-refractivity contribution is 5.65. The first-order chi connectivity index (χ1) is 14.2. The quantitative estimate of drug-likeness (QED) is 0.496. The van der Waals surface area contributed by atoms with E-state index in [2.05, 4.69) is 0 Å². The lowest BCUT2D eigenvalue weighted by Gasteiger charge is -2.25. The third-order valence-electron chi connectivity index (χ3n) is 4.71. The zero-order valence-electron chi connectivity index (χ0n) is 15.9. The van der Waals surface area contributed by atoms with E-state index in [9.17, 15) is 9.90 Å². The summed E-state index contributed by atoms with van der Waals surface area (Å²) in [7, 11) is 0. The highest BCUT2D eigenvalue weighted by Crippen LogP contribution is 2.31. The summed E-state index contributed by atoms with van der Waals surface area (Å²) in [6.45, 7) is 0.942. The summed E-state index contributed by atoms with van der Waals surface area (Å²) in [4.78, 5) is 14.7. The zero-order chi connectivity index (χ0) is 20.1. The molecule has 0 atom stereocenters. The molecule has 0 aliphatic heterocycles. The molecule has 0 fully saturated rings. The molecule has 1 aromatic heterocycles. The lowest BCUT2D eigenvalue weighted by Crippen LogP contribution is -2.27. The number of anilines is 1. The van der Waals surface area contributed by atoms with Crippen molar-refractivity contribution in [3.63, 3.8) is 0 Å². The lowest BCUT2D eigenvalue weighted by molar-refractivity contribution is 0.450. The Morgan fingerprint density at radius 3 is 1.69 bits per heavy atom. The Balaban J connectivity index is 1.74. The molecule has 1 N–H and O–H groups in total. The van der Waals surface area contributed by atoms with E-state index in [4.69, 9.17) is 4.42 Å². The predicted octanol–water partition coefficient (Wildman–Crippen LogP) is 5.22. The molecule has 0 saturated carbocycles. The molecule has 0 spiro atoms. The van der Waals surface area contributed by atoms with Crippen molar-refractivity contribution in [2.45, 2.75) is 13.1 Å². The monoisotopic (exact) mass is 383 g/mol. The molecule has 4 heteroatoms. The van der Waals surface area contributed by atoms with Crippen molar-refractivity contribution in [1.29, 1.82) is 0 Å². The number of hydrogen-bond donors (Lipinski definition) is 1. The minimum absolute atomic E-state index is 0.0908. The highest BCUT2D eigenvalue weighted by Gasteiger charge is 2.20. The summed E-state index contributed by atoms with van der Waals surface area (Å²) < 4.78 is 5.57. The molecule has 1 heterocycles. The first kappa shape index (κ1) is 18.6. The molecule has 0 aliphatic rings. The Hall–Kier alpha value is -3.79. The van der Waals surface area contributed by atoms with Crippen molar-refractivity contribution in [3.8, 4) is 17.1 Å².